The third-order valence-corrected chi connectivity index (χ3v) is 3.86. The first kappa shape index (κ1) is 15.5. The number of aliphatic carboxylic acids is 1. The zero-order valence-corrected chi connectivity index (χ0v) is 12.3. The number of hydrogen-bond acceptors (Lipinski definition) is 3. The lowest BCUT2D eigenvalue weighted by Gasteiger charge is -2.35. The van der Waals surface area contributed by atoms with E-state index in [1.165, 1.54) is 11.1 Å². The van der Waals surface area contributed by atoms with Crippen molar-refractivity contribution in [3.05, 3.63) is 35.4 Å². The van der Waals surface area contributed by atoms with Crippen LogP contribution in [0.4, 0.5) is 0 Å². The van der Waals surface area contributed by atoms with Crippen molar-refractivity contribution in [1.82, 2.24) is 10.2 Å². The van der Waals surface area contributed by atoms with Gasteiger partial charge in [0.15, 0.2) is 0 Å². The molecular formula is C16H22N2O3. The first-order valence-electron chi connectivity index (χ1n) is 7.35. The van der Waals surface area contributed by atoms with Gasteiger partial charge >= 0.3 is 5.97 Å². The van der Waals surface area contributed by atoms with E-state index in [0.717, 1.165) is 25.8 Å². The summed E-state index contributed by atoms with van der Waals surface area (Å²) in [6, 6.07) is 8.66. The molecule has 1 aliphatic heterocycles. The van der Waals surface area contributed by atoms with Gasteiger partial charge in [-0.3, -0.25) is 14.5 Å². The summed E-state index contributed by atoms with van der Waals surface area (Å²) in [6.07, 6.45) is 3.27. The fraction of sp³-hybridized carbons (Fsp3) is 0.500. The van der Waals surface area contributed by atoms with Crippen LogP contribution in [-0.2, 0) is 9.59 Å². The van der Waals surface area contributed by atoms with Gasteiger partial charge in [-0.2, -0.15) is 0 Å². The second kappa shape index (κ2) is 7.22. The highest BCUT2D eigenvalue weighted by atomic mass is 16.4. The van der Waals surface area contributed by atoms with Crippen LogP contribution in [0.5, 0.6) is 0 Å². The second-order valence-electron chi connectivity index (χ2n) is 5.56. The molecule has 5 heteroatoms. The quantitative estimate of drug-likeness (QED) is 0.866. The highest BCUT2D eigenvalue weighted by molar-refractivity contribution is 5.82. The van der Waals surface area contributed by atoms with Gasteiger partial charge in [-0.05, 0) is 31.9 Å². The monoisotopic (exact) mass is 290 g/mol. The highest BCUT2D eigenvalue weighted by Crippen LogP contribution is 2.30. The maximum absolute atomic E-state index is 11.8. The Morgan fingerprint density at radius 2 is 2.00 bits per heavy atom. The van der Waals surface area contributed by atoms with Crippen LogP contribution in [0.3, 0.4) is 0 Å². The molecule has 5 nitrogen and oxygen atoms in total. The van der Waals surface area contributed by atoms with Gasteiger partial charge in [0.05, 0.1) is 6.54 Å². The van der Waals surface area contributed by atoms with Crippen molar-refractivity contribution in [1.29, 1.82) is 0 Å². The zero-order chi connectivity index (χ0) is 15.2. The summed E-state index contributed by atoms with van der Waals surface area (Å²) in [6.45, 7) is 2.87. The molecule has 114 valence electrons. The summed E-state index contributed by atoms with van der Waals surface area (Å²) in [5.74, 6) is -1.24. The molecule has 1 aliphatic rings. The van der Waals surface area contributed by atoms with Gasteiger partial charge < -0.3 is 10.4 Å². The van der Waals surface area contributed by atoms with E-state index in [1.807, 2.05) is 0 Å². The van der Waals surface area contributed by atoms with E-state index in [1.54, 1.807) is 0 Å². The van der Waals surface area contributed by atoms with E-state index >= 15 is 0 Å². The molecule has 0 bridgehead atoms. The first-order chi connectivity index (χ1) is 10.1. The number of carbonyl (C=O) groups excluding carboxylic acids is 1. The minimum absolute atomic E-state index is 0.226. The molecule has 0 radical (unpaired) electrons. The summed E-state index contributed by atoms with van der Waals surface area (Å²) in [4.78, 5) is 24.5. The number of aryl methyl sites for hydroxylation is 1. The second-order valence-corrected chi connectivity index (χ2v) is 5.56. The number of nitrogens with one attached hydrogen (secondary N) is 1. The van der Waals surface area contributed by atoms with Crippen LogP contribution in [0.1, 0.15) is 36.4 Å². The summed E-state index contributed by atoms with van der Waals surface area (Å²) in [7, 11) is 0. The van der Waals surface area contributed by atoms with E-state index in [-0.39, 0.29) is 25.0 Å². The SMILES string of the molecule is Cc1ccc(C2CCCCN2CC(=O)NCC(=O)O)cc1. The average Bonchev–Trinajstić information content (AvgIpc) is 2.47. The van der Waals surface area contributed by atoms with Crippen LogP contribution in [0, 0.1) is 6.92 Å². The minimum atomic E-state index is -1.02. The summed E-state index contributed by atoms with van der Waals surface area (Å²) in [5, 5.41) is 11.0. The molecule has 0 aliphatic carbocycles. The Bertz CT molecular complexity index is 499. The zero-order valence-electron chi connectivity index (χ0n) is 12.3. The number of hydrogen-bond donors (Lipinski definition) is 2. The third kappa shape index (κ3) is 4.56. The van der Waals surface area contributed by atoms with Crippen molar-refractivity contribution in [2.24, 2.45) is 0 Å². The number of amides is 1. The fourth-order valence-electron chi connectivity index (χ4n) is 2.76. The van der Waals surface area contributed by atoms with Gasteiger partial charge in [0.1, 0.15) is 6.54 Å². The standard InChI is InChI=1S/C16H22N2O3/c1-12-5-7-13(8-6-12)14-4-2-3-9-18(14)11-15(19)17-10-16(20)21/h5-8,14H,2-4,9-11H2,1H3,(H,17,19)(H,20,21). The molecule has 1 fully saturated rings. The van der Waals surface area contributed by atoms with Crippen LogP contribution in [-0.4, -0.2) is 41.5 Å². The predicted octanol–water partition coefficient (Wildman–Crippen LogP) is 1.72. The van der Waals surface area contributed by atoms with Crippen LogP contribution in [0.2, 0.25) is 0 Å². The molecule has 1 amide bonds. The lowest BCUT2D eigenvalue weighted by molar-refractivity contribution is -0.138. The van der Waals surface area contributed by atoms with Gasteiger partial charge in [-0.15, -0.1) is 0 Å². The number of piperidine rings is 1. The molecule has 1 saturated heterocycles. The van der Waals surface area contributed by atoms with Crippen LogP contribution in [0.15, 0.2) is 24.3 Å². The van der Waals surface area contributed by atoms with Crippen LogP contribution < -0.4 is 5.32 Å². The van der Waals surface area contributed by atoms with Crippen molar-refractivity contribution in [2.45, 2.75) is 32.2 Å². The Balaban J connectivity index is 2.00. The van der Waals surface area contributed by atoms with E-state index in [2.05, 4.69) is 41.4 Å². The predicted molar refractivity (Wildman–Crippen MR) is 80.0 cm³/mol. The first-order valence-corrected chi connectivity index (χ1v) is 7.35. The van der Waals surface area contributed by atoms with Crippen LogP contribution in [0.25, 0.3) is 0 Å². The molecule has 1 heterocycles. The minimum Gasteiger partial charge on any atom is -0.480 e. The van der Waals surface area contributed by atoms with Gasteiger partial charge in [-0.25, -0.2) is 0 Å². The normalized spacial score (nSPS) is 19.2. The van der Waals surface area contributed by atoms with Gasteiger partial charge in [0, 0.05) is 6.04 Å². The average molecular weight is 290 g/mol. The Morgan fingerprint density at radius 1 is 1.29 bits per heavy atom. The fourth-order valence-corrected chi connectivity index (χ4v) is 2.76. The molecule has 2 N–H and O–H groups in total. The molecule has 2 rings (SSSR count). The molecule has 1 unspecified atom stereocenters. The Morgan fingerprint density at radius 3 is 2.67 bits per heavy atom. The summed E-state index contributed by atoms with van der Waals surface area (Å²) < 4.78 is 0. The van der Waals surface area contributed by atoms with Gasteiger partial charge in [0.2, 0.25) is 5.91 Å². The smallest absolute Gasteiger partial charge is 0.322 e. The molecule has 0 aromatic heterocycles. The van der Waals surface area contributed by atoms with Crippen molar-refractivity contribution in [3.8, 4) is 0 Å². The number of carbonyl (C=O) groups is 2. The summed E-state index contributed by atoms with van der Waals surface area (Å²) in [5.41, 5.74) is 2.45. The summed E-state index contributed by atoms with van der Waals surface area (Å²) >= 11 is 0. The van der Waals surface area contributed by atoms with Crippen molar-refractivity contribution < 1.29 is 14.7 Å². The Labute approximate surface area is 125 Å². The Hall–Kier alpha value is -1.88. The number of carboxylic acid groups (broad SMARTS) is 1. The Kier molecular flexibility index (Phi) is 5.33. The molecule has 1 atom stereocenters. The molecule has 21 heavy (non-hydrogen) atoms. The lowest BCUT2D eigenvalue weighted by atomic mass is 9.94. The topological polar surface area (TPSA) is 69.6 Å². The number of benzene rings is 1. The third-order valence-electron chi connectivity index (χ3n) is 3.86. The largest absolute Gasteiger partial charge is 0.480 e. The molecule has 1 aromatic rings. The van der Waals surface area contributed by atoms with Crippen molar-refractivity contribution in [3.63, 3.8) is 0 Å². The highest BCUT2D eigenvalue weighted by Gasteiger charge is 2.25. The maximum Gasteiger partial charge on any atom is 0.322 e. The van der Waals surface area contributed by atoms with E-state index in [9.17, 15) is 9.59 Å². The molecular weight excluding hydrogens is 268 g/mol. The van der Waals surface area contributed by atoms with Gasteiger partial charge in [0.25, 0.3) is 0 Å². The molecule has 0 spiro atoms. The number of rotatable bonds is 5. The van der Waals surface area contributed by atoms with E-state index in [4.69, 9.17) is 5.11 Å². The van der Waals surface area contributed by atoms with Gasteiger partial charge in [-0.1, -0.05) is 36.2 Å². The van der Waals surface area contributed by atoms with E-state index < -0.39 is 5.97 Å². The van der Waals surface area contributed by atoms with Crippen LogP contribution >= 0.6 is 0 Å². The van der Waals surface area contributed by atoms with E-state index in [0.29, 0.717) is 0 Å². The maximum atomic E-state index is 11.8. The number of carboxylic acids is 1. The molecule has 1 aromatic carbocycles. The van der Waals surface area contributed by atoms with Crippen molar-refractivity contribution >= 4 is 11.9 Å². The van der Waals surface area contributed by atoms with Crippen molar-refractivity contribution in [2.75, 3.05) is 19.6 Å². The number of likely N-dealkylation sites (tertiary alicyclic amines) is 1. The lowest BCUT2D eigenvalue weighted by Crippen LogP contribution is -2.42. The molecule has 0 saturated carbocycles. The number of nitrogens with zero attached hydrogens (tertiary/aromatic N) is 1.